The molecule has 0 aromatic heterocycles. The van der Waals surface area contributed by atoms with E-state index in [2.05, 4.69) is 6.58 Å². The Bertz CT molecular complexity index is 301. The van der Waals surface area contributed by atoms with Gasteiger partial charge < -0.3 is 10.0 Å². The fourth-order valence-corrected chi connectivity index (χ4v) is 2.32. The van der Waals surface area contributed by atoms with E-state index >= 15 is 0 Å². The molecule has 2 atom stereocenters. The van der Waals surface area contributed by atoms with Crippen molar-refractivity contribution in [3.8, 4) is 0 Å². The Morgan fingerprint density at radius 1 is 1.41 bits per heavy atom. The topological polar surface area (TPSA) is 57.6 Å². The van der Waals surface area contributed by atoms with Crippen molar-refractivity contribution in [2.45, 2.75) is 32.1 Å². The van der Waals surface area contributed by atoms with Crippen molar-refractivity contribution in [2.24, 2.45) is 11.8 Å². The van der Waals surface area contributed by atoms with Gasteiger partial charge in [-0.1, -0.05) is 6.08 Å². The molecule has 0 heterocycles. The van der Waals surface area contributed by atoms with Crippen LogP contribution in [-0.4, -0.2) is 35.5 Å². The molecule has 0 aromatic carbocycles. The van der Waals surface area contributed by atoms with Crippen LogP contribution in [0.25, 0.3) is 0 Å². The van der Waals surface area contributed by atoms with Crippen molar-refractivity contribution < 1.29 is 14.7 Å². The number of amides is 1. The van der Waals surface area contributed by atoms with Gasteiger partial charge in [-0.15, -0.1) is 6.58 Å². The number of carboxylic acids is 1. The van der Waals surface area contributed by atoms with Gasteiger partial charge in [-0.3, -0.25) is 9.59 Å². The Hall–Kier alpha value is -1.32. The maximum Gasteiger partial charge on any atom is 0.306 e. The third kappa shape index (κ3) is 3.88. The van der Waals surface area contributed by atoms with Gasteiger partial charge in [-0.05, 0) is 32.1 Å². The van der Waals surface area contributed by atoms with Crippen molar-refractivity contribution in [3.05, 3.63) is 12.7 Å². The van der Waals surface area contributed by atoms with Gasteiger partial charge in [0.1, 0.15) is 0 Å². The second-order valence-corrected chi connectivity index (χ2v) is 4.74. The highest BCUT2D eigenvalue weighted by Crippen LogP contribution is 2.32. The average Bonchev–Trinajstić information content (AvgIpc) is 2.77. The summed E-state index contributed by atoms with van der Waals surface area (Å²) < 4.78 is 0. The Morgan fingerprint density at radius 3 is 2.59 bits per heavy atom. The lowest BCUT2D eigenvalue weighted by Gasteiger charge is -2.20. The molecular formula is C13H21NO3. The molecule has 0 aromatic rings. The highest BCUT2D eigenvalue weighted by Gasteiger charge is 2.34. The molecule has 1 saturated carbocycles. The van der Waals surface area contributed by atoms with Crippen LogP contribution < -0.4 is 0 Å². The minimum atomic E-state index is -0.769. The third-order valence-electron chi connectivity index (χ3n) is 3.41. The van der Waals surface area contributed by atoms with E-state index in [0.29, 0.717) is 19.3 Å². The minimum absolute atomic E-state index is 0.0927. The Labute approximate surface area is 102 Å². The van der Waals surface area contributed by atoms with Crippen LogP contribution in [0.4, 0.5) is 0 Å². The number of carbonyl (C=O) groups excluding carboxylic acids is 1. The summed E-state index contributed by atoms with van der Waals surface area (Å²) in [4.78, 5) is 24.5. The molecule has 0 aliphatic heterocycles. The van der Waals surface area contributed by atoms with Crippen LogP contribution in [0.5, 0.6) is 0 Å². The second kappa shape index (κ2) is 6.42. The maximum atomic E-state index is 12.0. The molecule has 0 radical (unpaired) electrons. The van der Waals surface area contributed by atoms with E-state index in [4.69, 9.17) is 5.11 Å². The summed E-state index contributed by atoms with van der Waals surface area (Å²) in [5, 5.41) is 8.89. The average molecular weight is 239 g/mol. The molecule has 1 aliphatic carbocycles. The number of aliphatic carboxylic acids is 1. The summed E-state index contributed by atoms with van der Waals surface area (Å²) >= 11 is 0. The molecule has 96 valence electrons. The number of carbonyl (C=O) groups is 2. The first kappa shape index (κ1) is 13.7. The fraction of sp³-hybridized carbons (Fsp3) is 0.692. The van der Waals surface area contributed by atoms with Gasteiger partial charge in [0.05, 0.1) is 5.92 Å². The lowest BCUT2D eigenvalue weighted by Crippen LogP contribution is -2.32. The van der Waals surface area contributed by atoms with Crippen LogP contribution in [0, 0.1) is 11.8 Å². The van der Waals surface area contributed by atoms with Gasteiger partial charge in [0, 0.05) is 19.5 Å². The zero-order valence-corrected chi connectivity index (χ0v) is 10.4. The van der Waals surface area contributed by atoms with E-state index < -0.39 is 5.97 Å². The number of hydrogen-bond acceptors (Lipinski definition) is 2. The van der Waals surface area contributed by atoms with Crippen LogP contribution in [0.2, 0.25) is 0 Å². The normalized spacial score (nSPS) is 23.4. The molecule has 0 spiro atoms. The quantitative estimate of drug-likeness (QED) is 0.569. The molecule has 1 N–H and O–H groups in total. The summed E-state index contributed by atoms with van der Waals surface area (Å²) in [5.41, 5.74) is 0. The van der Waals surface area contributed by atoms with Crippen molar-refractivity contribution in [3.63, 3.8) is 0 Å². The predicted molar refractivity (Wildman–Crippen MR) is 65.5 cm³/mol. The van der Waals surface area contributed by atoms with E-state index in [0.717, 1.165) is 19.4 Å². The molecule has 1 amide bonds. The Balaban J connectivity index is 2.37. The van der Waals surface area contributed by atoms with E-state index in [-0.39, 0.29) is 17.7 Å². The fourth-order valence-electron chi connectivity index (χ4n) is 2.32. The molecule has 2 unspecified atom stereocenters. The van der Waals surface area contributed by atoms with Crippen LogP contribution in [-0.2, 0) is 9.59 Å². The van der Waals surface area contributed by atoms with Crippen molar-refractivity contribution in [1.82, 2.24) is 4.90 Å². The molecule has 1 aliphatic rings. The van der Waals surface area contributed by atoms with Crippen molar-refractivity contribution in [2.75, 3.05) is 13.6 Å². The predicted octanol–water partition coefficient (Wildman–Crippen LogP) is 1.91. The van der Waals surface area contributed by atoms with E-state index in [1.54, 1.807) is 11.9 Å². The molecule has 1 fully saturated rings. The molecule has 17 heavy (non-hydrogen) atoms. The lowest BCUT2D eigenvalue weighted by molar-refractivity contribution is -0.141. The number of hydrogen-bond donors (Lipinski definition) is 1. The van der Waals surface area contributed by atoms with Crippen LogP contribution in [0.15, 0.2) is 12.7 Å². The number of carboxylic acid groups (broad SMARTS) is 1. The molecule has 1 rings (SSSR count). The zero-order chi connectivity index (χ0) is 12.8. The highest BCUT2D eigenvalue weighted by molar-refractivity contribution is 5.80. The van der Waals surface area contributed by atoms with Gasteiger partial charge in [0.25, 0.3) is 0 Å². The summed E-state index contributed by atoms with van der Waals surface area (Å²) in [6.07, 6.45) is 5.50. The van der Waals surface area contributed by atoms with Crippen LogP contribution in [0.3, 0.4) is 0 Å². The summed E-state index contributed by atoms with van der Waals surface area (Å²) in [5.74, 6) is -1.09. The van der Waals surface area contributed by atoms with Crippen LogP contribution in [0.1, 0.15) is 32.1 Å². The number of allylic oxidation sites excluding steroid dienone is 1. The van der Waals surface area contributed by atoms with Crippen LogP contribution >= 0.6 is 0 Å². The SMILES string of the molecule is C=CCCCN(C)C(=O)C1CCC(C(=O)O)C1. The first-order valence-electron chi connectivity index (χ1n) is 6.15. The maximum absolute atomic E-state index is 12.0. The van der Waals surface area contributed by atoms with E-state index in [1.807, 2.05) is 6.08 Å². The zero-order valence-electron chi connectivity index (χ0n) is 10.4. The third-order valence-corrected chi connectivity index (χ3v) is 3.41. The smallest absolute Gasteiger partial charge is 0.306 e. The first-order valence-corrected chi connectivity index (χ1v) is 6.15. The summed E-state index contributed by atoms with van der Waals surface area (Å²) in [6.45, 7) is 4.36. The Kier molecular flexibility index (Phi) is 5.19. The monoisotopic (exact) mass is 239 g/mol. The largest absolute Gasteiger partial charge is 0.481 e. The van der Waals surface area contributed by atoms with E-state index in [9.17, 15) is 9.59 Å². The second-order valence-electron chi connectivity index (χ2n) is 4.74. The highest BCUT2D eigenvalue weighted by atomic mass is 16.4. The molecule has 0 saturated heterocycles. The van der Waals surface area contributed by atoms with Gasteiger partial charge in [-0.2, -0.15) is 0 Å². The standard InChI is InChI=1S/C13H21NO3/c1-3-4-5-8-14(2)12(15)10-6-7-11(9-10)13(16)17/h3,10-11H,1,4-9H2,2H3,(H,16,17). The summed E-state index contributed by atoms with van der Waals surface area (Å²) in [6, 6.07) is 0. The van der Waals surface area contributed by atoms with Gasteiger partial charge in [0.2, 0.25) is 5.91 Å². The first-order chi connectivity index (χ1) is 8.06. The van der Waals surface area contributed by atoms with Gasteiger partial charge >= 0.3 is 5.97 Å². The van der Waals surface area contributed by atoms with E-state index in [1.165, 1.54) is 0 Å². The molecule has 0 bridgehead atoms. The summed E-state index contributed by atoms with van der Waals surface area (Å²) in [7, 11) is 1.79. The van der Waals surface area contributed by atoms with Crippen molar-refractivity contribution >= 4 is 11.9 Å². The van der Waals surface area contributed by atoms with Gasteiger partial charge in [0.15, 0.2) is 0 Å². The lowest BCUT2D eigenvalue weighted by atomic mass is 10.0. The van der Waals surface area contributed by atoms with Gasteiger partial charge in [-0.25, -0.2) is 0 Å². The number of unbranched alkanes of at least 4 members (excludes halogenated alkanes) is 1. The molecule has 4 nitrogen and oxygen atoms in total. The molecule has 4 heteroatoms. The van der Waals surface area contributed by atoms with Crippen molar-refractivity contribution in [1.29, 1.82) is 0 Å². The molecular weight excluding hydrogens is 218 g/mol. The number of rotatable bonds is 6. The minimum Gasteiger partial charge on any atom is -0.481 e. The Morgan fingerprint density at radius 2 is 2.06 bits per heavy atom. The number of nitrogens with zero attached hydrogens (tertiary/aromatic N) is 1.